The van der Waals surface area contributed by atoms with Gasteiger partial charge in [0, 0.05) is 28.4 Å². The molecule has 1 aliphatic carbocycles. The van der Waals surface area contributed by atoms with E-state index >= 15 is 0 Å². The number of rotatable bonds is 10. The van der Waals surface area contributed by atoms with Gasteiger partial charge in [-0.15, -0.1) is 11.8 Å². The summed E-state index contributed by atoms with van der Waals surface area (Å²) < 4.78 is 0.955. The summed E-state index contributed by atoms with van der Waals surface area (Å²) in [6, 6.07) is 27.5. The number of amides is 2. The molecule has 0 heterocycles. The highest BCUT2D eigenvalue weighted by atomic mass is 79.9. The lowest BCUT2D eigenvalue weighted by Gasteiger charge is -2.32. The van der Waals surface area contributed by atoms with Gasteiger partial charge in [-0.1, -0.05) is 89.4 Å². The zero-order chi connectivity index (χ0) is 24.5. The Morgan fingerprint density at radius 2 is 1.57 bits per heavy atom. The zero-order valence-corrected chi connectivity index (χ0v) is 22.1. The first-order chi connectivity index (χ1) is 17.1. The normalized spacial score (nSPS) is 14.4. The van der Waals surface area contributed by atoms with Gasteiger partial charge in [-0.2, -0.15) is 0 Å². The maximum atomic E-state index is 13.7. The Labute approximate surface area is 220 Å². The number of hydrogen-bond donors (Lipinski definition) is 1. The third-order valence-corrected chi connectivity index (χ3v) is 7.81. The highest BCUT2D eigenvalue weighted by Crippen LogP contribution is 2.23. The quantitative estimate of drug-likeness (QED) is 0.304. The lowest BCUT2D eigenvalue weighted by Crippen LogP contribution is -2.52. The molecule has 0 spiro atoms. The summed E-state index contributed by atoms with van der Waals surface area (Å²) in [5.41, 5.74) is 2.03. The average molecular weight is 552 g/mol. The van der Waals surface area contributed by atoms with Gasteiger partial charge in [-0.3, -0.25) is 9.59 Å². The molecule has 1 aliphatic rings. The number of nitrogens with one attached hydrogen (secondary N) is 1. The van der Waals surface area contributed by atoms with Crippen LogP contribution in [0.25, 0.3) is 0 Å². The van der Waals surface area contributed by atoms with E-state index in [2.05, 4.69) is 21.2 Å². The van der Waals surface area contributed by atoms with Crippen molar-refractivity contribution in [2.45, 2.75) is 55.6 Å². The zero-order valence-electron chi connectivity index (χ0n) is 19.7. The van der Waals surface area contributed by atoms with Crippen LogP contribution in [0.2, 0.25) is 0 Å². The molecule has 0 bridgehead atoms. The van der Waals surface area contributed by atoms with Crippen LogP contribution in [0, 0.1) is 0 Å². The number of carbonyl (C=O) groups excluding carboxylic acids is 2. The highest BCUT2D eigenvalue weighted by Gasteiger charge is 2.32. The molecular formula is C29H31BrN2O2S. The van der Waals surface area contributed by atoms with Gasteiger partial charge in [-0.05, 0) is 48.2 Å². The molecule has 4 nitrogen and oxygen atoms in total. The van der Waals surface area contributed by atoms with Crippen LogP contribution in [0.15, 0.2) is 94.3 Å². The van der Waals surface area contributed by atoms with Gasteiger partial charge in [0.05, 0.1) is 5.75 Å². The Kier molecular flexibility index (Phi) is 9.43. The van der Waals surface area contributed by atoms with Gasteiger partial charge in [0.15, 0.2) is 0 Å². The van der Waals surface area contributed by atoms with Crippen molar-refractivity contribution in [3.63, 3.8) is 0 Å². The van der Waals surface area contributed by atoms with E-state index in [-0.39, 0.29) is 23.6 Å². The van der Waals surface area contributed by atoms with E-state index in [1.807, 2.05) is 84.9 Å². The van der Waals surface area contributed by atoms with Crippen molar-refractivity contribution in [1.29, 1.82) is 0 Å². The van der Waals surface area contributed by atoms with E-state index < -0.39 is 6.04 Å². The van der Waals surface area contributed by atoms with Gasteiger partial charge >= 0.3 is 0 Å². The highest BCUT2D eigenvalue weighted by molar-refractivity contribution is 9.10. The fourth-order valence-electron chi connectivity index (χ4n) is 4.50. The van der Waals surface area contributed by atoms with Gasteiger partial charge in [0.1, 0.15) is 6.04 Å². The summed E-state index contributed by atoms with van der Waals surface area (Å²) in [5, 5.41) is 3.26. The summed E-state index contributed by atoms with van der Waals surface area (Å²) in [6.45, 7) is 0.378. The molecule has 3 aromatic carbocycles. The Morgan fingerprint density at radius 3 is 2.26 bits per heavy atom. The van der Waals surface area contributed by atoms with E-state index in [9.17, 15) is 9.59 Å². The van der Waals surface area contributed by atoms with Crippen LogP contribution < -0.4 is 5.32 Å². The largest absolute Gasteiger partial charge is 0.352 e. The van der Waals surface area contributed by atoms with Crippen LogP contribution in [-0.2, 0) is 22.6 Å². The van der Waals surface area contributed by atoms with Crippen molar-refractivity contribution in [2.24, 2.45) is 0 Å². The molecule has 0 aliphatic heterocycles. The monoisotopic (exact) mass is 550 g/mol. The second-order valence-electron chi connectivity index (χ2n) is 8.95. The van der Waals surface area contributed by atoms with Crippen LogP contribution in [-0.4, -0.2) is 34.6 Å². The molecule has 0 radical (unpaired) electrons. The molecule has 1 N–H and O–H groups in total. The van der Waals surface area contributed by atoms with E-state index in [0.29, 0.717) is 13.0 Å². The number of carbonyl (C=O) groups is 2. The summed E-state index contributed by atoms with van der Waals surface area (Å²) in [4.78, 5) is 30.2. The lowest BCUT2D eigenvalue weighted by molar-refractivity contribution is -0.139. The lowest BCUT2D eigenvalue weighted by atomic mass is 10.0. The van der Waals surface area contributed by atoms with Gasteiger partial charge < -0.3 is 10.2 Å². The van der Waals surface area contributed by atoms with Crippen LogP contribution in [0.5, 0.6) is 0 Å². The molecule has 1 saturated carbocycles. The van der Waals surface area contributed by atoms with E-state index in [0.717, 1.165) is 46.2 Å². The standard InChI is InChI=1S/C29H31BrN2O2S/c30-24-13-9-12-23(18-24)20-32(28(33)21-35-26-16-5-2-6-17-26)27(19-22-10-3-1-4-11-22)29(34)31-25-14-7-8-15-25/h1-6,9-13,16-18,25,27H,7-8,14-15,19-21H2,(H,31,34)/t27-/m1/s1. The molecule has 6 heteroatoms. The fourth-order valence-corrected chi connectivity index (χ4v) is 5.75. The first-order valence-electron chi connectivity index (χ1n) is 12.1. The Hall–Kier alpha value is -2.57. The van der Waals surface area contributed by atoms with Crippen molar-refractivity contribution >= 4 is 39.5 Å². The minimum atomic E-state index is -0.583. The Bertz CT molecular complexity index is 1100. The van der Waals surface area contributed by atoms with Crippen LogP contribution >= 0.6 is 27.7 Å². The molecule has 0 saturated heterocycles. The molecule has 1 fully saturated rings. The summed E-state index contributed by atoms with van der Waals surface area (Å²) >= 11 is 5.05. The first-order valence-corrected chi connectivity index (χ1v) is 13.9. The van der Waals surface area contributed by atoms with E-state index in [1.54, 1.807) is 4.90 Å². The topological polar surface area (TPSA) is 49.4 Å². The molecule has 4 rings (SSSR count). The first kappa shape index (κ1) is 25.5. The number of benzene rings is 3. The molecule has 182 valence electrons. The van der Waals surface area contributed by atoms with Crippen LogP contribution in [0.3, 0.4) is 0 Å². The molecule has 1 atom stereocenters. The molecule has 3 aromatic rings. The van der Waals surface area contributed by atoms with E-state index in [1.165, 1.54) is 11.8 Å². The van der Waals surface area contributed by atoms with Crippen molar-refractivity contribution in [2.75, 3.05) is 5.75 Å². The SMILES string of the molecule is O=C(NC1CCCC1)[C@@H](Cc1ccccc1)N(Cc1cccc(Br)c1)C(=O)CSc1ccccc1. The number of halogens is 1. The van der Waals surface area contributed by atoms with Crippen molar-refractivity contribution in [3.8, 4) is 0 Å². The minimum absolute atomic E-state index is 0.0404. The average Bonchev–Trinajstić information content (AvgIpc) is 3.39. The minimum Gasteiger partial charge on any atom is -0.352 e. The van der Waals surface area contributed by atoms with Crippen LogP contribution in [0.1, 0.15) is 36.8 Å². The Morgan fingerprint density at radius 1 is 0.914 bits per heavy atom. The molecule has 2 amide bonds. The summed E-state index contributed by atoms with van der Waals surface area (Å²) in [5.74, 6) is 0.176. The fraction of sp³-hybridized carbons (Fsp3) is 0.310. The second kappa shape index (κ2) is 12.9. The van der Waals surface area contributed by atoms with E-state index in [4.69, 9.17) is 0 Å². The maximum Gasteiger partial charge on any atom is 0.243 e. The molecular weight excluding hydrogens is 520 g/mol. The maximum absolute atomic E-state index is 13.7. The predicted molar refractivity (Wildman–Crippen MR) is 146 cm³/mol. The third kappa shape index (κ3) is 7.71. The third-order valence-electron chi connectivity index (χ3n) is 6.32. The summed E-state index contributed by atoms with van der Waals surface area (Å²) in [7, 11) is 0. The van der Waals surface area contributed by atoms with Crippen molar-refractivity contribution in [1.82, 2.24) is 10.2 Å². The second-order valence-corrected chi connectivity index (χ2v) is 10.9. The molecule has 0 aromatic heterocycles. The van der Waals surface area contributed by atoms with Gasteiger partial charge in [0.25, 0.3) is 0 Å². The smallest absolute Gasteiger partial charge is 0.243 e. The number of hydrogen-bond acceptors (Lipinski definition) is 3. The number of thioether (sulfide) groups is 1. The Balaban J connectivity index is 1.61. The van der Waals surface area contributed by atoms with Crippen LogP contribution in [0.4, 0.5) is 0 Å². The number of nitrogens with zero attached hydrogens (tertiary/aromatic N) is 1. The van der Waals surface area contributed by atoms with Gasteiger partial charge in [0.2, 0.25) is 11.8 Å². The summed E-state index contributed by atoms with van der Waals surface area (Å²) in [6.07, 6.45) is 4.78. The van der Waals surface area contributed by atoms with Crippen molar-refractivity contribution < 1.29 is 9.59 Å². The predicted octanol–water partition coefficient (Wildman–Crippen LogP) is 6.24. The van der Waals surface area contributed by atoms with Gasteiger partial charge in [-0.25, -0.2) is 0 Å². The molecule has 35 heavy (non-hydrogen) atoms. The van der Waals surface area contributed by atoms with Crippen molar-refractivity contribution in [3.05, 3.63) is 101 Å². The molecule has 0 unspecified atom stereocenters.